The minimum absolute atomic E-state index is 1.05. The molecule has 0 saturated carbocycles. The summed E-state index contributed by atoms with van der Waals surface area (Å²) in [5, 5.41) is 0. The summed E-state index contributed by atoms with van der Waals surface area (Å²) in [6.07, 6.45) is 6.22. The van der Waals surface area contributed by atoms with Gasteiger partial charge in [0.05, 0.1) is 7.05 Å². The first-order valence-corrected chi connectivity index (χ1v) is 9.82. The van der Waals surface area contributed by atoms with Crippen LogP contribution in [0.3, 0.4) is 0 Å². The van der Waals surface area contributed by atoms with E-state index in [4.69, 9.17) is 0 Å². The fraction of sp³-hybridized carbons (Fsp3) is 0.148. The molecule has 1 heterocycles. The zero-order valence-electron chi connectivity index (χ0n) is 17.4. The predicted molar refractivity (Wildman–Crippen MR) is 120 cm³/mol. The Morgan fingerprint density at radius 2 is 1.48 bits per heavy atom. The summed E-state index contributed by atoms with van der Waals surface area (Å²) in [7, 11) is 2.04. The molecule has 0 aliphatic heterocycles. The molecule has 2 nitrogen and oxygen atoms in total. The van der Waals surface area contributed by atoms with Crippen molar-refractivity contribution >= 4 is 0 Å². The lowest BCUT2D eigenvalue weighted by molar-refractivity contribution is -0.670. The number of benzene rings is 3. The molecule has 142 valence electrons. The summed E-state index contributed by atoms with van der Waals surface area (Å²) in [5.74, 6) is 6.15. The number of aryl methyl sites for hydroxylation is 3. The summed E-state index contributed by atoms with van der Waals surface area (Å²) in [4.78, 5) is 0. The molecule has 2 heteroatoms. The third-order valence-electron chi connectivity index (χ3n) is 5.01. The molecule has 0 atom stereocenters. The molecular weight excluding hydrogens is 352 g/mol. The number of hydrogen-bond acceptors (Lipinski definition) is 0. The van der Waals surface area contributed by atoms with Gasteiger partial charge in [-0.2, -0.15) is 0 Å². The molecule has 4 rings (SSSR count). The van der Waals surface area contributed by atoms with Crippen LogP contribution in [0.4, 0.5) is 0 Å². The molecule has 0 aliphatic carbocycles. The highest BCUT2D eigenvalue weighted by atomic mass is 15.1. The maximum Gasteiger partial charge on any atom is 0.248 e. The van der Waals surface area contributed by atoms with Crippen LogP contribution in [0.2, 0.25) is 0 Å². The number of rotatable bonds is 3. The number of nitrogens with zero attached hydrogens (tertiary/aromatic N) is 2. The molecule has 0 bridgehead atoms. The van der Waals surface area contributed by atoms with E-state index in [9.17, 15) is 0 Å². The molecule has 0 unspecified atom stereocenters. The SMILES string of the molecule is CC#Cc1cccc(-c2cc(C)cc(-c3cc(C)cc(-n4cc[n+](C)c4)c3)c2)c1. The molecule has 0 spiro atoms. The molecule has 3 aromatic carbocycles. The van der Waals surface area contributed by atoms with E-state index in [1.807, 2.05) is 14.0 Å². The summed E-state index contributed by atoms with van der Waals surface area (Å²) < 4.78 is 4.21. The highest BCUT2D eigenvalue weighted by Crippen LogP contribution is 2.30. The third kappa shape index (κ3) is 4.15. The van der Waals surface area contributed by atoms with E-state index < -0.39 is 0 Å². The number of aromatic nitrogens is 2. The highest BCUT2D eigenvalue weighted by molar-refractivity contribution is 5.76. The van der Waals surface area contributed by atoms with E-state index in [1.165, 1.54) is 39.1 Å². The molecule has 0 saturated heterocycles. The Bertz CT molecular complexity index is 1250. The van der Waals surface area contributed by atoms with E-state index in [0.29, 0.717) is 0 Å². The van der Waals surface area contributed by atoms with Crippen LogP contribution in [0.15, 0.2) is 79.4 Å². The van der Waals surface area contributed by atoms with Crippen LogP contribution in [0.1, 0.15) is 23.6 Å². The smallest absolute Gasteiger partial charge is 0.239 e. The minimum Gasteiger partial charge on any atom is -0.239 e. The molecule has 29 heavy (non-hydrogen) atoms. The van der Waals surface area contributed by atoms with Crippen molar-refractivity contribution < 1.29 is 4.57 Å². The average molecular weight is 378 g/mol. The molecule has 0 N–H and O–H groups in total. The van der Waals surface area contributed by atoms with Gasteiger partial charge in [-0.1, -0.05) is 36.3 Å². The summed E-state index contributed by atoms with van der Waals surface area (Å²) >= 11 is 0. The topological polar surface area (TPSA) is 8.81 Å². The van der Waals surface area contributed by atoms with Crippen LogP contribution in [-0.2, 0) is 7.05 Å². The fourth-order valence-electron chi connectivity index (χ4n) is 3.72. The van der Waals surface area contributed by atoms with Gasteiger partial charge in [0, 0.05) is 5.56 Å². The van der Waals surface area contributed by atoms with Crippen LogP contribution in [0.25, 0.3) is 27.9 Å². The van der Waals surface area contributed by atoms with Gasteiger partial charge >= 0.3 is 0 Å². The Kier molecular flexibility index (Phi) is 5.06. The lowest BCUT2D eigenvalue weighted by Crippen LogP contribution is -2.23. The predicted octanol–water partition coefficient (Wildman–Crippen LogP) is 5.62. The second-order valence-corrected chi connectivity index (χ2v) is 7.59. The standard InChI is InChI=1S/C27H25N2/c1-5-7-22-8-6-9-23(16-22)24-12-20(2)13-25(17-24)26-14-21(3)15-27(18-26)29-11-10-28(4)19-29/h6,8-19H,1-4H3/q+1. The van der Waals surface area contributed by atoms with E-state index >= 15 is 0 Å². The van der Waals surface area contributed by atoms with Crippen molar-refractivity contribution in [2.45, 2.75) is 20.8 Å². The zero-order chi connectivity index (χ0) is 20.4. The van der Waals surface area contributed by atoms with E-state index in [-0.39, 0.29) is 0 Å². The fourth-order valence-corrected chi connectivity index (χ4v) is 3.72. The van der Waals surface area contributed by atoms with Gasteiger partial charge in [0.1, 0.15) is 18.1 Å². The van der Waals surface area contributed by atoms with Crippen molar-refractivity contribution in [2.24, 2.45) is 7.05 Å². The molecular formula is C27H25N2+. The average Bonchev–Trinajstić information content (AvgIpc) is 3.14. The summed E-state index contributed by atoms with van der Waals surface area (Å²) in [5.41, 5.74) is 9.59. The van der Waals surface area contributed by atoms with Crippen LogP contribution < -0.4 is 4.57 Å². The molecule has 0 radical (unpaired) electrons. The molecule has 0 fully saturated rings. The zero-order valence-corrected chi connectivity index (χ0v) is 17.4. The number of imidazole rings is 1. The van der Waals surface area contributed by atoms with Crippen molar-refractivity contribution in [3.63, 3.8) is 0 Å². The summed E-state index contributed by atoms with van der Waals surface area (Å²) in [6.45, 7) is 6.18. The van der Waals surface area contributed by atoms with Crippen molar-refractivity contribution in [1.82, 2.24) is 4.57 Å². The van der Waals surface area contributed by atoms with E-state index in [1.54, 1.807) is 0 Å². The molecule has 4 aromatic rings. The maximum atomic E-state index is 3.16. The van der Waals surface area contributed by atoms with Crippen molar-refractivity contribution in [2.75, 3.05) is 0 Å². The Morgan fingerprint density at radius 3 is 2.17 bits per heavy atom. The minimum atomic E-state index is 1.05. The first-order valence-electron chi connectivity index (χ1n) is 9.82. The third-order valence-corrected chi connectivity index (χ3v) is 5.01. The van der Waals surface area contributed by atoms with Crippen LogP contribution in [-0.4, -0.2) is 4.57 Å². The van der Waals surface area contributed by atoms with Gasteiger partial charge in [-0.05, 0) is 84.5 Å². The Hall–Kier alpha value is -3.57. The second kappa shape index (κ2) is 7.81. The largest absolute Gasteiger partial charge is 0.248 e. The first-order chi connectivity index (χ1) is 14.0. The normalized spacial score (nSPS) is 10.5. The van der Waals surface area contributed by atoms with Gasteiger partial charge in [-0.25, -0.2) is 9.13 Å². The van der Waals surface area contributed by atoms with Crippen LogP contribution >= 0.6 is 0 Å². The lowest BCUT2D eigenvalue weighted by atomic mass is 9.95. The van der Waals surface area contributed by atoms with Crippen molar-refractivity contribution in [3.05, 3.63) is 96.1 Å². The molecule has 1 aromatic heterocycles. The lowest BCUT2D eigenvalue weighted by Gasteiger charge is -2.11. The Morgan fingerprint density at radius 1 is 0.793 bits per heavy atom. The molecule has 0 aliphatic rings. The van der Waals surface area contributed by atoms with Gasteiger partial charge in [0.2, 0.25) is 6.33 Å². The van der Waals surface area contributed by atoms with Crippen molar-refractivity contribution in [1.29, 1.82) is 0 Å². The molecule has 0 amide bonds. The Labute approximate surface area is 173 Å². The number of hydrogen-bond donors (Lipinski definition) is 0. The van der Waals surface area contributed by atoms with Gasteiger partial charge in [-0.15, -0.1) is 5.92 Å². The van der Waals surface area contributed by atoms with Crippen LogP contribution in [0.5, 0.6) is 0 Å². The Balaban J connectivity index is 1.81. The summed E-state index contributed by atoms with van der Waals surface area (Å²) in [6, 6.07) is 22.0. The van der Waals surface area contributed by atoms with E-state index in [0.717, 1.165) is 5.56 Å². The van der Waals surface area contributed by atoms with E-state index in [2.05, 4.69) is 114 Å². The van der Waals surface area contributed by atoms with Gasteiger partial charge < -0.3 is 0 Å². The van der Waals surface area contributed by atoms with Gasteiger partial charge in [-0.3, -0.25) is 0 Å². The first kappa shape index (κ1) is 18.8. The van der Waals surface area contributed by atoms with Crippen LogP contribution in [0, 0.1) is 25.7 Å². The van der Waals surface area contributed by atoms with Crippen molar-refractivity contribution in [3.8, 4) is 39.8 Å². The monoisotopic (exact) mass is 377 g/mol. The quantitative estimate of drug-likeness (QED) is 0.323. The second-order valence-electron chi connectivity index (χ2n) is 7.59. The van der Waals surface area contributed by atoms with Gasteiger partial charge in [0.25, 0.3) is 0 Å². The highest BCUT2D eigenvalue weighted by Gasteiger charge is 2.10. The van der Waals surface area contributed by atoms with Gasteiger partial charge in [0.15, 0.2) is 0 Å². The maximum absolute atomic E-state index is 3.16.